The van der Waals surface area contributed by atoms with E-state index in [0.717, 1.165) is 12.0 Å². The average molecular weight is 667 g/mol. The van der Waals surface area contributed by atoms with E-state index in [4.69, 9.17) is 9.31 Å². The zero-order valence-corrected chi connectivity index (χ0v) is 28.5. The highest BCUT2D eigenvalue weighted by Crippen LogP contribution is 2.73. The van der Waals surface area contributed by atoms with Gasteiger partial charge in [0.2, 0.25) is 11.8 Å². The number of nitrogens with one attached hydrogen (secondary N) is 2. The van der Waals surface area contributed by atoms with Crippen molar-refractivity contribution in [1.29, 1.82) is 5.26 Å². The van der Waals surface area contributed by atoms with E-state index < -0.39 is 49.2 Å². The maximum absolute atomic E-state index is 13.9. The summed E-state index contributed by atoms with van der Waals surface area (Å²) >= 11 is 0. The molecule has 1 saturated heterocycles. The van der Waals surface area contributed by atoms with E-state index in [1.165, 1.54) is 4.90 Å². The summed E-state index contributed by atoms with van der Waals surface area (Å²) in [6.45, 7) is 9.04. The summed E-state index contributed by atoms with van der Waals surface area (Å²) in [6, 6.07) is 17.1. The molecule has 0 bridgehead atoms. The number of rotatable bonds is 13. The van der Waals surface area contributed by atoms with Crippen LogP contribution in [0.4, 0.5) is 18.9 Å². The van der Waals surface area contributed by atoms with Crippen LogP contribution in [0.25, 0.3) is 0 Å². The van der Waals surface area contributed by atoms with Crippen molar-refractivity contribution < 1.29 is 32.1 Å². The van der Waals surface area contributed by atoms with Gasteiger partial charge in [-0.05, 0) is 79.0 Å². The quantitative estimate of drug-likeness (QED) is 0.274. The van der Waals surface area contributed by atoms with E-state index in [9.17, 15) is 28.0 Å². The van der Waals surface area contributed by atoms with Crippen molar-refractivity contribution in [3.05, 3.63) is 65.7 Å². The highest BCUT2D eigenvalue weighted by Gasteiger charge is 2.76. The Bertz CT molecular complexity index is 1520. The average Bonchev–Trinajstić information content (AvgIpc) is 3.25. The SMILES string of the molecule is CC(C)CC(C#N)C(=O)N(C)c1cccc(C[C@@H](NCC(F)(F)F)C(=O)N[C@@H](Cc2ccccc2)B2O[C@@H]3C[C@@H]4C(C4(C)C)[C@]3(C)O2)c1. The molecule has 1 heterocycles. The van der Waals surface area contributed by atoms with E-state index in [2.05, 4.69) is 37.5 Å². The third-order valence-electron chi connectivity index (χ3n) is 10.5. The fourth-order valence-electron chi connectivity index (χ4n) is 7.98. The first kappa shape index (κ1) is 35.9. The molecule has 1 aliphatic heterocycles. The maximum atomic E-state index is 13.9. The summed E-state index contributed by atoms with van der Waals surface area (Å²) in [5, 5.41) is 15.0. The minimum Gasteiger partial charge on any atom is -0.404 e. The number of fused-ring (bicyclic) bond motifs is 3. The molecular weight excluding hydrogens is 620 g/mol. The number of halogens is 3. The minimum atomic E-state index is -4.55. The molecule has 5 rings (SSSR count). The number of benzene rings is 2. The van der Waals surface area contributed by atoms with Crippen LogP contribution in [-0.4, -0.2) is 62.4 Å². The van der Waals surface area contributed by atoms with E-state index in [0.29, 0.717) is 35.9 Å². The molecule has 2 aromatic rings. The van der Waals surface area contributed by atoms with Crippen LogP contribution in [0, 0.1) is 40.4 Å². The van der Waals surface area contributed by atoms with Crippen molar-refractivity contribution in [2.45, 2.75) is 90.2 Å². The summed E-state index contributed by atoms with van der Waals surface area (Å²) < 4.78 is 53.4. The number of carbonyl (C=O) groups excluding carboxylic acids is 2. The van der Waals surface area contributed by atoms with Crippen molar-refractivity contribution in [2.75, 3.05) is 18.5 Å². The summed E-state index contributed by atoms with van der Waals surface area (Å²) in [7, 11) is 0.793. The van der Waals surface area contributed by atoms with Crippen LogP contribution in [-0.2, 0) is 31.7 Å². The lowest BCUT2D eigenvalue weighted by Crippen LogP contribution is -2.56. The molecule has 3 aliphatic rings. The van der Waals surface area contributed by atoms with E-state index in [1.807, 2.05) is 44.2 Å². The van der Waals surface area contributed by atoms with Crippen LogP contribution in [0.3, 0.4) is 0 Å². The molecule has 0 aromatic heterocycles. The second-order valence-corrected chi connectivity index (χ2v) is 14.9. The molecule has 48 heavy (non-hydrogen) atoms. The van der Waals surface area contributed by atoms with Gasteiger partial charge in [0.05, 0.1) is 36.3 Å². The number of nitrogens with zero attached hydrogens (tertiary/aromatic N) is 2. The van der Waals surface area contributed by atoms with Gasteiger partial charge >= 0.3 is 13.3 Å². The summed E-state index contributed by atoms with van der Waals surface area (Å²) in [5.74, 6) is -1.48. The first-order chi connectivity index (χ1) is 22.5. The standard InChI is InChI=1S/C36H46BF3N4O4/c1-22(2)15-25(20-41)33(46)44(6)26-14-10-13-24(16-26)17-28(42-21-36(38,39)40)32(45)43-30(18-23-11-8-7-9-12-23)37-47-29-19-27-31(34(27,3)4)35(29,5)48-37/h7-14,16,22,25,27-31,42H,15,17-19,21H2,1-6H3,(H,43,45)/t25?,27-,28-,29-,30+,31?,35-/m1/s1. The largest absolute Gasteiger partial charge is 0.482 e. The van der Waals surface area contributed by atoms with Gasteiger partial charge in [-0.2, -0.15) is 18.4 Å². The summed E-state index contributed by atoms with van der Waals surface area (Å²) in [4.78, 5) is 28.4. The molecule has 3 fully saturated rings. The van der Waals surface area contributed by atoms with Crippen LogP contribution in [0.15, 0.2) is 54.6 Å². The maximum Gasteiger partial charge on any atom is 0.482 e. The first-order valence-electron chi connectivity index (χ1n) is 16.8. The van der Waals surface area contributed by atoms with E-state index >= 15 is 0 Å². The van der Waals surface area contributed by atoms with Crippen molar-refractivity contribution in [3.8, 4) is 6.07 Å². The Hall–Kier alpha value is -3.40. The van der Waals surface area contributed by atoms with Gasteiger partial charge in [-0.3, -0.25) is 14.9 Å². The lowest BCUT2D eigenvalue weighted by Gasteiger charge is -2.30. The third-order valence-corrected chi connectivity index (χ3v) is 10.5. The molecule has 0 radical (unpaired) electrons. The van der Waals surface area contributed by atoms with Gasteiger partial charge in [0.15, 0.2) is 0 Å². The molecule has 2 aliphatic carbocycles. The van der Waals surface area contributed by atoms with E-state index in [1.54, 1.807) is 31.3 Å². The number of anilines is 1. The summed E-state index contributed by atoms with van der Waals surface area (Å²) in [5.41, 5.74) is 1.60. The fraction of sp³-hybridized carbons (Fsp3) is 0.583. The van der Waals surface area contributed by atoms with Gasteiger partial charge in [-0.1, -0.05) is 70.2 Å². The molecule has 258 valence electrons. The third kappa shape index (κ3) is 7.74. The molecule has 12 heteroatoms. The highest BCUT2D eigenvalue weighted by atomic mass is 19.4. The van der Waals surface area contributed by atoms with Gasteiger partial charge in [0.25, 0.3) is 0 Å². The predicted octanol–water partition coefficient (Wildman–Crippen LogP) is 5.50. The van der Waals surface area contributed by atoms with Gasteiger partial charge in [0.1, 0.15) is 5.92 Å². The number of hydrogen-bond acceptors (Lipinski definition) is 6. The van der Waals surface area contributed by atoms with Gasteiger partial charge in [-0.15, -0.1) is 0 Å². The molecule has 2 saturated carbocycles. The van der Waals surface area contributed by atoms with Gasteiger partial charge in [0, 0.05) is 12.7 Å². The number of nitriles is 1. The minimum absolute atomic E-state index is 0.0752. The Morgan fingerprint density at radius 2 is 1.77 bits per heavy atom. The lowest BCUT2D eigenvalue weighted by molar-refractivity contribution is -0.132. The Kier molecular flexibility index (Phi) is 10.4. The Labute approximate surface area is 281 Å². The monoisotopic (exact) mass is 666 g/mol. The van der Waals surface area contributed by atoms with Crippen LogP contribution in [0.5, 0.6) is 0 Å². The van der Waals surface area contributed by atoms with Crippen LogP contribution in [0.2, 0.25) is 0 Å². The second-order valence-electron chi connectivity index (χ2n) is 14.9. The summed E-state index contributed by atoms with van der Waals surface area (Å²) in [6.07, 6.45) is -3.11. The van der Waals surface area contributed by atoms with Crippen LogP contribution >= 0.6 is 0 Å². The highest BCUT2D eigenvalue weighted by molar-refractivity contribution is 6.48. The molecule has 2 aromatic carbocycles. The molecule has 8 nitrogen and oxygen atoms in total. The number of amides is 2. The van der Waals surface area contributed by atoms with Crippen LogP contribution in [0.1, 0.15) is 58.6 Å². The topological polar surface area (TPSA) is 104 Å². The Morgan fingerprint density at radius 3 is 2.42 bits per heavy atom. The normalized spacial score (nSPS) is 25.9. The number of hydrogen-bond donors (Lipinski definition) is 2. The number of alkyl halides is 3. The zero-order valence-electron chi connectivity index (χ0n) is 28.5. The predicted molar refractivity (Wildman–Crippen MR) is 178 cm³/mol. The van der Waals surface area contributed by atoms with Crippen molar-refractivity contribution >= 4 is 24.6 Å². The lowest BCUT2D eigenvalue weighted by atomic mass is 9.74. The van der Waals surface area contributed by atoms with Crippen molar-refractivity contribution in [3.63, 3.8) is 0 Å². The van der Waals surface area contributed by atoms with Crippen LogP contribution < -0.4 is 15.5 Å². The van der Waals surface area contributed by atoms with Gasteiger partial charge in [-0.25, -0.2) is 0 Å². The Morgan fingerprint density at radius 1 is 1.08 bits per heavy atom. The van der Waals surface area contributed by atoms with Gasteiger partial charge < -0.3 is 19.5 Å². The molecule has 2 N–H and O–H groups in total. The second kappa shape index (κ2) is 13.8. The van der Waals surface area contributed by atoms with Crippen molar-refractivity contribution in [2.24, 2.45) is 29.1 Å². The number of carbonyl (C=O) groups is 2. The van der Waals surface area contributed by atoms with Crippen molar-refractivity contribution in [1.82, 2.24) is 10.6 Å². The van der Waals surface area contributed by atoms with E-state index in [-0.39, 0.29) is 29.8 Å². The molecular formula is C36H46BF3N4O4. The zero-order chi connectivity index (χ0) is 35.0. The Balaban J connectivity index is 1.35. The smallest absolute Gasteiger partial charge is 0.404 e. The molecule has 2 unspecified atom stereocenters. The molecule has 7 atom stereocenters. The first-order valence-corrected chi connectivity index (χ1v) is 16.8. The fourth-order valence-corrected chi connectivity index (χ4v) is 7.98. The molecule has 2 amide bonds. The molecule has 0 spiro atoms.